The topological polar surface area (TPSA) is 69.6 Å². The van der Waals surface area contributed by atoms with E-state index in [9.17, 15) is 19.1 Å². The maximum absolute atomic E-state index is 13.3. The van der Waals surface area contributed by atoms with E-state index in [-0.39, 0.29) is 5.92 Å². The minimum atomic E-state index is -1.01. The number of hydrogen-bond acceptors (Lipinski definition) is 2. The molecule has 0 spiro atoms. The summed E-state index contributed by atoms with van der Waals surface area (Å²) >= 11 is 0. The van der Waals surface area contributed by atoms with Gasteiger partial charge in [-0.15, -0.1) is 0 Å². The van der Waals surface area contributed by atoms with Gasteiger partial charge in [0.25, 0.3) is 0 Å². The number of hydrogen-bond donors (Lipinski definition) is 2. The van der Waals surface area contributed by atoms with Crippen LogP contribution in [0.3, 0.4) is 0 Å². The van der Waals surface area contributed by atoms with Gasteiger partial charge in [-0.05, 0) is 43.0 Å². The molecule has 0 radical (unpaired) electrons. The van der Waals surface area contributed by atoms with Gasteiger partial charge in [0, 0.05) is 12.2 Å². The SMILES string of the molecule is Cc1cc(F)cc(NC(=O)N2CCC(C)C2C(=O)O)c1. The normalized spacial score (nSPS) is 21.9. The zero-order valence-corrected chi connectivity index (χ0v) is 11.4. The van der Waals surface area contributed by atoms with E-state index in [1.807, 2.05) is 0 Å². The molecular formula is C14H17FN2O3. The maximum Gasteiger partial charge on any atom is 0.326 e. The van der Waals surface area contributed by atoms with Crippen molar-refractivity contribution in [3.63, 3.8) is 0 Å². The molecule has 0 bridgehead atoms. The molecule has 0 saturated carbocycles. The Kier molecular flexibility index (Phi) is 3.92. The predicted octanol–water partition coefficient (Wildman–Crippen LogP) is 2.46. The van der Waals surface area contributed by atoms with Crippen LogP contribution in [0.2, 0.25) is 0 Å². The standard InChI is InChI=1S/C14H17FN2O3/c1-8-5-10(15)7-11(6-8)16-14(20)17-4-3-9(2)12(17)13(18)19/h5-7,9,12H,3-4H2,1-2H3,(H,16,20)(H,18,19). The summed E-state index contributed by atoms with van der Waals surface area (Å²) in [6, 6.07) is 2.86. The molecule has 2 unspecified atom stereocenters. The second-order valence-corrected chi connectivity index (χ2v) is 5.19. The van der Waals surface area contributed by atoms with E-state index in [0.717, 1.165) is 0 Å². The summed E-state index contributed by atoms with van der Waals surface area (Å²) in [7, 11) is 0. The number of halogens is 1. The molecular weight excluding hydrogens is 263 g/mol. The van der Waals surface area contributed by atoms with E-state index in [2.05, 4.69) is 5.32 Å². The Balaban J connectivity index is 2.13. The zero-order chi connectivity index (χ0) is 14.9. The molecule has 2 rings (SSSR count). The summed E-state index contributed by atoms with van der Waals surface area (Å²) in [5.74, 6) is -1.54. The highest BCUT2D eigenvalue weighted by molar-refractivity contribution is 5.92. The number of carbonyl (C=O) groups is 2. The van der Waals surface area contributed by atoms with Crippen molar-refractivity contribution in [1.29, 1.82) is 0 Å². The summed E-state index contributed by atoms with van der Waals surface area (Å²) in [6.07, 6.45) is 0.645. The second-order valence-electron chi connectivity index (χ2n) is 5.19. The molecule has 0 aromatic heterocycles. The second kappa shape index (κ2) is 5.48. The summed E-state index contributed by atoms with van der Waals surface area (Å²) in [5.41, 5.74) is 1.01. The molecule has 5 nitrogen and oxygen atoms in total. The lowest BCUT2D eigenvalue weighted by Gasteiger charge is -2.23. The highest BCUT2D eigenvalue weighted by Crippen LogP contribution is 2.25. The van der Waals surface area contributed by atoms with Crippen LogP contribution in [0, 0.1) is 18.7 Å². The highest BCUT2D eigenvalue weighted by Gasteiger charge is 2.39. The largest absolute Gasteiger partial charge is 0.480 e. The van der Waals surface area contributed by atoms with Crippen LogP contribution in [0.5, 0.6) is 0 Å². The Labute approximate surface area is 116 Å². The van der Waals surface area contributed by atoms with Crippen molar-refractivity contribution in [2.45, 2.75) is 26.3 Å². The minimum Gasteiger partial charge on any atom is -0.480 e. The number of nitrogens with zero attached hydrogens (tertiary/aromatic N) is 1. The molecule has 6 heteroatoms. The monoisotopic (exact) mass is 280 g/mol. The molecule has 1 aromatic carbocycles. The van der Waals surface area contributed by atoms with Gasteiger partial charge in [0.1, 0.15) is 11.9 Å². The number of carboxylic acid groups (broad SMARTS) is 1. The Morgan fingerprint density at radius 2 is 2.10 bits per heavy atom. The summed E-state index contributed by atoms with van der Waals surface area (Å²) < 4.78 is 13.3. The number of anilines is 1. The third kappa shape index (κ3) is 2.89. The fourth-order valence-corrected chi connectivity index (χ4v) is 2.56. The number of aryl methyl sites for hydroxylation is 1. The van der Waals surface area contributed by atoms with Gasteiger partial charge in [0.05, 0.1) is 0 Å². The van der Waals surface area contributed by atoms with Gasteiger partial charge in [0.15, 0.2) is 0 Å². The molecule has 1 saturated heterocycles. The summed E-state index contributed by atoms with van der Waals surface area (Å²) in [5, 5.41) is 11.7. The van der Waals surface area contributed by atoms with Crippen LogP contribution in [-0.4, -0.2) is 34.6 Å². The number of nitrogens with one attached hydrogen (secondary N) is 1. The number of aliphatic carboxylic acids is 1. The molecule has 1 aliphatic rings. The van der Waals surface area contributed by atoms with E-state index < -0.39 is 23.9 Å². The van der Waals surface area contributed by atoms with Crippen LogP contribution in [0.25, 0.3) is 0 Å². The quantitative estimate of drug-likeness (QED) is 0.874. The third-order valence-electron chi connectivity index (χ3n) is 3.51. The Hall–Kier alpha value is -2.11. The average molecular weight is 280 g/mol. The van der Waals surface area contributed by atoms with Crippen molar-refractivity contribution in [1.82, 2.24) is 4.90 Å². The molecule has 1 aromatic rings. The van der Waals surface area contributed by atoms with Crippen LogP contribution in [0.4, 0.5) is 14.9 Å². The van der Waals surface area contributed by atoms with Crippen LogP contribution >= 0.6 is 0 Å². The third-order valence-corrected chi connectivity index (χ3v) is 3.51. The summed E-state index contributed by atoms with van der Waals surface area (Å²) in [6.45, 7) is 3.91. The van der Waals surface area contributed by atoms with E-state index in [4.69, 9.17) is 0 Å². The van der Waals surface area contributed by atoms with Crippen LogP contribution in [-0.2, 0) is 4.79 Å². The summed E-state index contributed by atoms with van der Waals surface area (Å²) in [4.78, 5) is 24.6. The first-order valence-electron chi connectivity index (χ1n) is 6.46. The number of likely N-dealkylation sites (tertiary alicyclic amines) is 1. The van der Waals surface area contributed by atoms with Gasteiger partial charge < -0.3 is 15.3 Å². The molecule has 1 heterocycles. The van der Waals surface area contributed by atoms with Crippen molar-refractivity contribution in [3.05, 3.63) is 29.6 Å². The van der Waals surface area contributed by atoms with Crippen LogP contribution in [0.1, 0.15) is 18.9 Å². The molecule has 2 amide bonds. The number of rotatable bonds is 2. The van der Waals surface area contributed by atoms with Crippen LogP contribution < -0.4 is 5.32 Å². The highest BCUT2D eigenvalue weighted by atomic mass is 19.1. The number of benzene rings is 1. The lowest BCUT2D eigenvalue weighted by Crippen LogP contribution is -2.44. The first-order chi connectivity index (χ1) is 9.38. The number of carboxylic acids is 1. The number of urea groups is 1. The zero-order valence-electron chi connectivity index (χ0n) is 11.4. The van der Waals surface area contributed by atoms with Crippen molar-refractivity contribution >= 4 is 17.7 Å². The first-order valence-corrected chi connectivity index (χ1v) is 6.46. The molecule has 1 fully saturated rings. The van der Waals surface area contributed by atoms with Crippen molar-refractivity contribution in [3.8, 4) is 0 Å². The van der Waals surface area contributed by atoms with E-state index >= 15 is 0 Å². The molecule has 20 heavy (non-hydrogen) atoms. The van der Waals surface area contributed by atoms with Gasteiger partial charge in [-0.2, -0.15) is 0 Å². The molecule has 108 valence electrons. The molecule has 2 N–H and O–H groups in total. The van der Waals surface area contributed by atoms with E-state index in [1.165, 1.54) is 17.0 Å². The van der Waals surface area contributed by atoms with Crippen molar-refractivity contribution < 1.29 is 19.1 Å². The Morgan fingerprint density at radius 3 is 2.70 bits per heavy atom. The maximum atomic E-state index is 13.3. The Bertz CT molecular complexity index is 527. The smallest absolute Gasteiger partial charge is 0.326 e. The average Bonchev–Trinajstić information content (AvgIpc) is 2.69. The van der Waals surface area contributed by atoms with Crippen molar-refractivity contribution in [2.24, 2.45) is 5.92 Å². The van der Waals surface area contributed by atoms with Gasteiger partial charge in [-0.1, -0.05) is 6.92 Å². The van der Waals surface area contributed by atoms with Gasteiger partial charge in [-0.25, -0.2) is 14.0 Å². The first kappa shape index (κ1) is 14.3. The fraction of sp³-hybridized carbons (Fsp3) is 0.429. The van der Waals surface area contributed by atoms with Gasteiger partial charge in [0.2, 0.25) is 0 Å². The number of carbonyl (C=O) groups excluding carboxylic acids is 1. The lowest BCUT2D eigenvalue weighted by atomic mass is 10.0. The predicted molar refractivity (Wildman–Crippen MR) is 72.1 cm³/mol. The number of amides is 2. The molecule has 0 aliphatic carbocycles. The molecule has 2 atom stereocenters. The van der Waals surface area contributed by atoms with E-state index in [1.54, 1.807) is 19.9 Å². The minimum absolute atomic E-state index is 0.0903. The van der Waals surface area contributed by atoms with Crippen molar-refractivity contribution in [2.75, 3.05) is 11.9 Å². The van der Waals surface area contributed by atoms with Crippen LogP contribution in [0.15, 0.2) is 18.2 Å². The molecule has 1 aliphatic heterocycles. The van der Waals surface area contributed by atoms with Gasteiger partial charge >= 0.3 is 12.0 Å². The lowest BCUT2D eigenvalue weighted by molar-refractivity contribution is -0.142. The van der Waals surface area contributed by atoms with E-state index in [0.29, 0.717) is 24.2 Å². The Morgan fingerprint density at radius 1 is 1.40 bits per heavy atom. The van der Waals surface area contributed by atoms with Gasteiger partial charge in [-0.3, -0.25) is 0 Å². The fourth-order valence-electron chi connectivity index (χ4n) is 2.56.